The molecule has 1 heterocycles. The number of aliphatic hydroxyl groups is 1. The van der Waals surface area contributed by atoms with Gasteiger partial charge in [0.2, 0.25) is 0 Å². The van der Waals surface area contributed by atoms with Crippen LogP contribution in [-0.4, -0.2) is 42.9 Å². The molecule has 0 saturated carbocycles. The van der Waals surface area contributed by atoms with Gasteiger partial charge in [0.25, 0.3) is 0 Å². The Balaban J connectivity index is 2.13. The molecule has 0 aromatic rings. The zero-order chi connectivity index (χ0) is 8.10. The van der Waals surface area contributed by atoms with Gasteiger partial charge in [-0.25, -0.2) is 0 Å². The van der Waals surface area contributed by atoms with Gasteiger partial charge in [0.05, 0.1) is 6.73 Å². The fourth-order valence-corrected chi connectivity index (χ4v) is 1.51. The minimum Gasteiger partial charge on any atom is -0.381 e. The number of hydrogen-bond acceptors (Lipinski definition) is 3. The van der Waals surface area contributed by atoms with Gasteiger partial charge in [-0.1, -0.05) is 6.42 Å². The van der Waals surface area contributed by atoms with Gasteiger partial charge in [-0.15, -0.1) is 0 Å². The maximum absolute atomic E-state index is 8.76. The van der Waals surface area contributed by atoms with Crippen LogP contribution in [-0.2, 0) is 0 Å². The van der Waals surface area contributed by atoms with Gasteiger partial charge in [-0.2, -0.15) is 0 Å². The van der Waals surface area contributed by atoms with Gasteiger partial charge < -0.3 is 10.4 Å². The predicted molar refractivity (Wildman–Crippen MR) is 45.4 cm³/mol. The van der Waals surface area contributed by atoms with E-state index < -0.39 is 0 Å². The van der Waals surface area contributed by atoms with Crippen molar-refractivity contribution in [3.8, 4) is 0 Å². The lowest BCUT2D eigenvalue weighted by molar-refractivity contribution is 0.118. The molecule has 3 nitrogen and oxygen atoms in total. The molecule has 1 aliphatic heterocycles. The molecule has 0 aromatic carbocycles. The second-order valence-electron chi connectivity index (χ2n) is 3.33. The van der Waals surface area contributed by atoms with E-state index in [1.807, 2.05) is 11.9 Å². The van der Waals surface area contributed by atoms with Crippen LogP contribution in [0.4, 0.5) is 0 Å². The molecule has 11 heavy (non-hydrogen) atoms. The zero-order valence-electron chi connectivity index (χ0n) is 7.21. The Kier molecular flexibility index (Phi) is 3.83. The second kappa shape index (κ2) is 4.70. The topological polar surface area (TPSA) is 35.5 Å². The molecule has 1 atom stereocenters. The summed E-state index contributed by atoms with van der Waals surface area (Å²) in [5, 5.41) is 12.2. The Morgan fingerprint density at radius 2 is 2.36 bits per heavy atom. The lowest BCUT2D eigenvalue weighted by Gasteiger charge is -2.26. The molecule has 0 aliphatic carbocycles. The van der Waals surface area contributed by atoms with Gasteiger partial charge in [-0.3, -0.25) is 4.90 Å². The quantitative estimate of drug-likeness (QED) is 0.568. The molecule has 0 radical (unpaired) electrons. The number of piperidine rings is 1. The summed E-state index contributed by atoms with van der Waals surface area (Å²) in [5.41, 5.74) is 0. The Bertz CT molecular complexity index is 102. The summed E-state index contributed by atoms with van der Waals surface area (Å²) in [4.78, 5) is 1.93. The van der Waals surface area contributed by atoms with Crippen molar-refractivity contribution in [3.05, 3.63) is 0 Å². The normalized spacial score (nSPS) is 25.9. The van der Waals surface area contributed by atoms with E-state index in [1.165, 1.54) is 19.3 Å². The zero-order valence-corrected chi connectivity index (χ0v) is 7.21. The van der Waals surface area contributed by atoms with Gasteiger partial charge in [0, 0.05) is 12.6 Å². The van der Waals surface area contributed by atoms with Crippen LogP contribution in [0, 0.1) is 0 Å². The standard InChI is InChI=1S/C8H18N2O/c1-10(7-11)6-8-4-2-3-5-9-8/h8-9,11H,2-7H2,1H3/t8-/m0/s1. The van der Waals surface area contributed by atoms with Gasteiger partial charge >= 0.3 is 0 Å². The maximum atomic E-state index is 8.76. The van der Waals surface area contributed by atoms with Crippen LogP contribution in [0.1, 0.15) is 19.3 Å². The highest BCUT2D eigenvalue weighted by atomic mass is 16.3. The monoisotopic (exact) mass is 158 g/mol. The van der Waals surface area contributed by atoms with Gasteiger partial charge in [-0.05, 0) is 26.4 Å². The Labute approximate surface area is 68.4 Å². The van der Waals surface area contributed by atoms with Crippen molar-refractivity contribution in [2.24, 2.45) is 0 Å². The van der Waals surface area contributed by atoms with Crippen LogP contribution in [0.2, 0.25) is 0 Å². The van der Waals surface area contributed by atoms with Crippen molar-refractivity contribution in [3.63, 3.8) is 0 Å². The highest BCUT2D eigenvalue weighted by Gasteiger charge is 2.13. The van der Waals surface area contributed by atoms with E-state index >= 15 is 0 Å². The molecule has 0 spiro atoms. The van der Waals surface area contributed by atoms with Crippen LogP contribution in [0.5, 0.6) is 0 Å². The first-order chi connectivity index (χ1) is 5.33. The summed E-state index contributed by atoms with van der Waals surface area (Å²) in [6.45, 7) is 2.28. The molecule has 1 fully saturated rings. The fraction of sp³-hybridized carbons (Fsp3) is 1.00. The first-order valence-electron chi connectivity index (χ1n) is 4.35. The SMILES string of the molecule is CN(CO)C[C@@H]1CCCCN1. The Morgan fingerprint density at radius 1 is 1.55 bits per heavy atom. The molecule has 0 bridgehead atoms. The molecule has 66 valence electrons. The summed E-state index contributed by atoms with van der Waals surface area (Å²) in [7, 11) is 1.94. The van der Waals surface area contributed by atoms with Crippen LogP contribution >= 0.6 is 0 Å². The van der Waals surface area contributed by atoms with Crippen LogP contribution in [0.3, 0.4) is 0 Å². The molecule has 1 rings (SSSR count). The molecule has 2 N–H and O–H groups in total. The molecular weight excluding hydrogens is 140 g/mol. The van der Waals surface area contributed by atoms with E-state index in [9.17, 15) is 0 Å². The molecule has 3 heteroatoms. The Morgan fingerprint density at radius 3 is 2.91 bits per heavy atom. The third kappa shape index (κ3) is 3.18. The van der Waals surface area contributed by atoms with Crippen molar-refractivity contribution < 1.29 is 5.11 Å². The minimum atomic E-state index is 0.165. The van der Waals surface area contributed by atoms with E-state index in [1.54, 1.807) is 0 Å². The van der Waals surface area contributed by atoms with Crippen molar-refractivity contribution in [1.82, 2.24) is 10.2 Å². The fourth-order valence-electron chi connectivity index (χ4n) is 1.51. The average molecular weight is 158 g/mol. The summed E-state index contributed by atoms with van der Waals surface area (Å²) < 4.78 is 0. The first kappa shape index (κ1) is 8.97. The number of nitrogens with zero attached hydrogens (tertiary/aromatic N) is 1. The summed E-state index contributed by atoms with van der Waals surface area (Å²) in [5.74, 6) is 0. The van der Waals surface area contributed by atoms with Gasteiger partial charge in [0.15, 0.2) is 0 Å². The van der Waals surface area contributed by atoms with Gasteiger partial charge in [0.1, 0.15) is 0 Å². The molecule has 0 unspecified atom stereocenters. The number of hydrogen-bond donors (Lipinski definition) is 2. The number of likely N-dealkylation sites (N-methyl/N-ethyl adjacent to an activating group) is 1. The summed E-state index contributed by atoms with van der Waals surface area (Å²) in [6.07, 6.45) is 3.89. The van der Waals surface area contributed by atoms with Crippen molar-refractivity contribution in [2.45, 2.75) is 25.3 Å². The van der Waals surface area contributed by atoms with Crippen molar-refractivity contribution >= 4 is 0 Å². The third-order valence-electron chi connectivity index (χ3n) is 2.19. The number of nitrogens with one attached hydrogen (secondary N) is 1. The maximum Gasteiger partial charge on any atom is 0.0954 e. The smallest absolute Gasteiger partial charge is 0.0954 e. The molecule has 0 amide bonds. The van der Waals surface area contributed by atoms with E-state index in [0.29, 0.717) is 6.04 Å². The summed E-state index contributed by atoms with van der Waals surface area (Å²) >= 11 is 0. The molecule has 1 aliphatic rings. The third-order valence-corrected chi connectivity index (χ3v) is 2.19. The largest absolute Gasteiger partial charge is 0.381 e. The number of rotatable bonds is 3. The van der Waals surface area contributed by atoms with Crippen LogP contribution in [0.15, 0.2) is 0 Å². The van der Waals surface area contributed by atoms with E-state index in [-0.39, 0.29) is 6.73 Å². The first-order valence-corrected chi connectivity index (χ1v) is 4.35. The summed E-state index contributed by atoms with van der Waals surface area (Å²) in [6, 6.07) is 0.598. The number of aliphatic hydroxyl groups excluding tert-OH is 1. The predicted octanol–water partition coefficient (Wildman–Crippen LogP) is 0.0101. The highest BCUT2D eigenvalue weighted by Crippen LogP contribution is 2.07. The van der Waals surface area contributed by atoms with Crippen LogP contribution < -0.4 is 5.32 Å². The lowest BCUT2D eigenvalue weighted by atomic mass is 10.1. The average Bonchev–Trinajstić information content (AvgIpc) is 2.06. The molecule has 1 saturated heterocycles. The van der Waals surface area contributed by atoms with E-state index in [4.69, 9.17) is 5.11 Å². The minimum absolute atomic E-state index is 0.165. The van der Waals surface area contributed by atoms with Crippen molar-refractivity contribution in [2.75, 3.05) is 26.9 Å². The van der Waals surface area contributed by atoms with Crippen molar-refractivity contribution in [1.29, 1.82) is 0 Å². The molecular formula is C8H18N2O. The van der Waals surface area contributed by atoms with E-state index in [0.717, 1.165) is 13.1 Å². The Hall–Kier alpha value is -0.120. The lowest BCUT2D eigenvalue weighted by Crippen LogP contribution is -2.42. The van der Waals surface area contributed by atoms with E-state index in [2.05, 4.69) is 5.32 Å². The molecule has 0 aromatic heterocycles. The van der Waals surface area contributed by atoms with Crippen LogP contribution in [0.25, 0.3) is 0 Å². The second-order valence-corrected chi connectivity index (χ2v) is 3.33. The highest BCUT2D eigenvalue weighted by molar-refractivity contribution is 4.73.